The van der Waals surface area contributed by atoms with Crippen LogP contribution in [0.5, 0.6) is 5.75 Å². The van der Waals surface area contributed by atoms with Crippen LogP contribution in [-0.4, -0.2) is 27.1 Å². The van der Waals surface area contributed by atoms with Crippen molar-refractivity contribution in [2.75, 3.05) is 7.11 Å². The second-order valence-corrected chi connectivity index (χ2v) is 7.96. The van der Waals surface area contributed by atoms with E-state index in [1.54, 1.807) is 25.6 Å². The first kappa shape index (κ1) is 22.4. The Labute approximate surface area is 196 Å². The highest BCUT2D eigenvalue weighted by Gasteiger charge is 2.22. The highest BCUT2D eigenvalue weighted by Crippen LogP contribution is 2.23. The molecular formula is C25H23ClN4O3. The molecule has 0 spiro atoms. The predicted molar refractivity (Wildman–Crippen MR) is 127 cm³/mol. The quantitative estimate of drug-likeness (QED) is 0.453. The minimum absolute atomic E-state index is 0.220. The summed E-state index contributed by atoms with van der Waals surface area (Å²) in [5.41, 5.74) is 1.78. The van der Waals surface area contributed by atoms with Crippen LogP contribution in [0.4, 0.5) is 0 Å². The van der Waals surface area contributed by atoms with E-state index in [0.717, 1.165) is 16.9 Å². The van der Waals surface area contributed by atoms with Gasteiger partial charge >= 0.3 is 0 Å². The first-order valence-corrected chi connectivity index (χ1v) is 10.7. The molecule has 1 atom stereocenters. The number of hydrogen-bond acceptors (Lipinski definition) is 4. The van der Waals surface area contributed by atoms with Gasteiger partial charge in [-0.15, -0.1) is 0 Å². The third kappa shape index (κ3) is 4.99. The summed E-state index contributed by atoms with van der Waals surface area (Å²) in [6.45, 7) is 0.265. The molecule has 8 heteroatoms. The fraction of sp³-hybridized carbons (Fsp3) is 0.160. The molecule has 0 saturated heterocycles. The maximum atomic E-state index is 13.2. The molecule has 4 rings (SSSR count). The molecule has 168 valence electrons. The summed E-state index contributed by atoms with van der Waals surface area (Å²) in [5, 5.41) is 3.61. The number of imidazole rings is 1. The van der Waals surface area contributed by atoms with Crippen LogP contribution in [0.15, 0.2) is 84.0 Å². The SMILES string of the molecule is COc1ccc(C(NC(=O)c2ccc(=O)n(Cc3ccccc3Cl)c2)c2nccn2C)cc1. The zero-order chi connectivity index (χ0) is 23.4. The Morgan fingerprint density at radius 1 is 1.12 bits per heavy atom. The molecule has 0 radical (unpaired) electrons. The molecule has 2 aromatic heterocycles. The number of methoxy groups -OCH3 is 1. The molecule has 2 aromatic carbocycles. The Bertz CT molecular complexity index is 1330. The minimum atomic E-state index is -0.493. The Kier molecular flexibility index (Phi) is 6.60. The number of carbonyl (C=O) groups excluding carboxylic acids is 1. The van der Waals surface area contributed by atoms with E-state index < -0.39 is 6.04 Å². The van der Waals surface area contributed by atoms with Crippen molar-refractivity contribution in [1.29, 1.82) is 0 Å². The van der Waals surface area contributed by atoms with E-state index in [-0.39, 0.29) is 18.0 Å². The van der Waals surface area contributed by atoms with Crippen molar-refractivity contribution in [2.45, 2.75) is 12.6 Å². The molecule has 1 amide bonds. The molecule has 2 heterocycles. The van der Waals surface area contributed by atoms with Crippen LogP contribution in [0.2, 0.25) is 5.02 Å². The van der Waals surface area contributed by atoms with Gasteiger partial charge in [0.2, 0.25) is 0 Å². The molecule has 7 nitrogen and oxygen atoms in total. The van der Waals surface area contributed by atoms with E-state index in [4.69, 9.17) is 16.3 Å². The maximum absolute atomic E-state index is 13.2. The molecule has 0 fully saturated rings. The number of hydrogen-bond donors (Lipinski definition) is 1. The smallest absolute Gasteiger partial charge is 0.253 e. The average molecular weight is 463 g/mol. The van der Waals surface area contributed by atoms with E-state index in [9.17, 15) is 9.59 Å². The van der Waals surface area contributed by atoms with Crippen molar-refractivity contribution >= 4 is 17.5 Å². The lowest BCUT2D eigenvalue weighted by Crippen LogP contribution is -2.32. The van der Waals surface area contributed by atoms with Crippen molar-refractivity contribution in [3.8, 4) is 5.75 Å². The maximum Gasteiger partial charge on any atom is 0.253 e. The molecule has 33 heavy (non-hydrogen) atoms. The summed E-state index contributed by atoms with van der Waals surface area (Å²) < 4.78 is 8.57. The van der Waals surface area contributed by atoms with Crippen molar-refractivity contribution in [2.24, 2.45) is 7.05 Å². The van der Waals surface area contributed by atoms with Crippen LogP contribution >= 0.6 is 11.6 Å². The summed E-state index contributed by atoms with van der Waals surface area (Å²) >= 11 is 6.25. The highest BCUT2D eigenvalue weighted by atomic mass is 35.5. The van der Waals surface area contributed by atoms with Gasteiger partial charge in [0, 0.05) is 36.7 Å². The number of benzene rings is 2. The van der Waals surface area contributed by atoms with E-state index in [2.05, 4.69) is 10.3 Å². The molecule has 1 unspecified atom stereocenters. The van der Waals surface area contributed by atoms with Crippen LogP contribution in [0.1, 0.15) is 33.4 Å². The van der Waals surface area contributed by atoms with E-state index in [1.807, 2.05) is 60.3 Å². The zero-order valence-electron chi connectivity index (χ0n) is 18.2. The normalized spacial score (nSPS) is 11.7. The monoisotopic (exact) mass is 462 g/mol. The molecule has 0 aliphatic heterocycles. The van der Waals surface area contributed by atoms with Gasteiger partial charge in [0.25, 0.3) is 11.5 Å². The molecule has 4 aromatic rings. The summed E-state index contributed by atoms with van der Waals surface area (Å²) in [4.78, 5) is 30.1. The van der Waals surface area contributed by atoms with Crippen molar-refractivity contribution < 1.29 is 9.53 Å². The lowest BCUT2D eigenvalue weighted by Gasteiger charge is -2.20. The number of nitrogens with one attached hydrogen (secondary N) is 1. The first-order valence-electron chi connectivity index (χ1n) is 10.3. The molecule has 0 aliphatic carbocycles. The molecule has 0 saturated carbocycles. The van der Waals surface area contributed by atoms with Crippen LogP contribution in [0, 0.1) is 0 Å². The minimum Gasteiger partial charge on any atom is -0.497 e. The second-order valence-electron chi connectivity index (χ2n) is 7.55. The predicted octanol–water partition coefficient (Wildman–Crippen LogP) is 3.81. The van der Waals surface area contributed by atoms with Crippen molar-refractivity contribution in [1.82, 2.24) is 19.4 Å². The number of halogens is 1. The number of amides is 1. The summed E-state index contributed by atoms with van der Waals surface area (Å²) in [7, 11) is 3.47. The van der Waals surface area contributed by atoms with Crippen LogP contribution in [0.25, 0.3) is 0 Å². The average Bonchev–Trinajstić information content (AvgIpc) is 3.25. The Morgan fingerprint density at radius 2 is 1.88 bits per heavy atom. The fourth-order valence-electron chi connectivity index (χ4n) is 3.56. The van der Waals surface area contributed by atoms with Gasteiger partial charge in [0.15, 0.2) is 0 Å². The molecule has 0 bridgehead atoms. The topological polar surface area (TPSA) is 78.2 Å². The van der Waals surface area contributed by atoms with Gasteiger partial charge in [-0.25, -0.2) is 4.98 Å². The summed E-state index contributed by atoms with van der Waals surface area (Å²) in [6, 6.07) is 17.2. The van der Waals surface area contributed by atoms with Crippen LogP contribution < -0.4 is 15.6 Å². The van der Waals surface area contributed by atoms with Gasteiger partial charge in [0.05, 0.1) is 19.2 Å². The van der Waals surface area contributed by atoms with Gasteiger partial charge in [-0.1, -0.05) is 41.9 Å². The van der Waals surface area contributed by atoms with Gasteiger partial charge < -0.3 is 19.2 Å². The Hall–Kier alpha value is -3.84. The lowest BCUT2D eigenvalue weighted by molar-refractivity contribution is 0.0940. The zero-order valence-corrected chi connectivity index (χ0v) is 19.0. The lowest BCUT2D eigenvalue weighted by atomic mass is 10.1. The third-order valence-electron chi connectivity index (χ3n) is 5.39. The number of aryl methyl sites for hydroxylation is 1. The standard InChI is InChI=1S/C25H23ClN4O3/c1-29-14-13-27-24(29)23(17-7-10-20(33-2)11-8-17)28-25(32)19-9-12-22(31)30(16-19)15-18-5-3-4-6-21(18)26/h3-14,16,23H,15H2,1-2H3,(H,28,32). The summed E-state index contributed by atoms with van der Waals surface area (Å²) in [5.74, 6) is 1.07. The number of nitrogens with zero attached hydrogens (tertiary/aromatic N) is 3. The highest BCUT2D eigenvalue weighted by molar-refractivity contribution is 6.31. The Morgan fingerprint density at radius 3 is 2.55 bits per heavy atom. The van der Waals surface area contributed by atoms with E-state index in [0.29, 0.717) is 16.4 Å². The van der Waals surface area contributed by atoms with Gasteiger partial charge in [-0.3, -0.25) is 9.59 Å². The van der Waals surface area contributed by atoms with Gasteiger partial charge in [-0.2, -0.15) is 0 Å². The second kappa shape index (κ2) is 9.75. The van der Waals surface area contributed by atoms with Crippen LogP contribution in [-0.2, 0) is 13.6 Å². The fourth-order valence-corrected chi connectivity index (χ4v) is 3.76. The summed E-state index contributed by atoms with van der Waals surface area (Å²) in [6.07, 6.45) is 5.05. The molecule has 0 aliphatic rings. The van der Waals surface area contributed by atoms with E-state index >= 15 is 0 Å². The Balaban J connectivity index is 1.63. The number of pyridine rings is 1. The van der Waals surface area contributed by atoms with Crippen molar-refractivity contribution in [3.05, 3.63) is 117 Å². The van der Waals surface area contributed by atoms with Crippen LogP contribution in [0.3, 0.4) is 0 Å². The number of ether oxygens (including phenoxy) is 1. The van der Waals surface area contributed by atoms with E-state index in [1.165, 1.54) is 16.7 Å². The molecule has 1 N–H and O–H groups in total. The van der Waals surface area contributed by atoms with Gasteiger partial charge in [-0.05, 0) is 35.4 Å². The number of aromatic nitrogens is 3. The first-order chi connectivity index (χ1) is 16.0. The largest absolute Gasteiger partial charge is 0.497 e. The third-order valence-corrected chi connectivity index (χ3v) is 5.75. The molecular weight excluding hydrogens is 440 g/mol. The van der Waals surface area contributed by atoms with Gasteiger partial charge in [0.1, 0.15) is 17.6 Å². The number of carbonyl (C=O) groups is 1. The van der Waals surface area contributed by atoms with Crippen molar-refractivity contribution in [3.63, 3.8) is 0 Å². The number of rotatable bonds is 7.